The van der Waals surface area contributed by atoms with E-state index in [4.69, 9.17) is 4.74 Å². The average molecular weight is 170 g/mol. The minimum atomic E-state index is -1.14. The van der Waals surface area contributed by atoms with Crippen molar-refractivity contribution in [1.82, 2.24) is 0 Å². The number of ether oxygens (including phenoxy) is 2. The number of carbonyl (C=O) groups excluding carboxylic acids is 2. The number of rotatable bonds is 1. The van der Waals surface area contributed by atoms with Gasteiger partial charge in [0.15, 0.2) is 5.78 Å². The van der Waals surface area contributed by atoms with E-state index < -0.39 is 11.6 Å². The van der Waals surface area contributed by atoms with Crippen molar-refractivity contribution in [3.05, 3.63) is 12.3 Å². The molecule has 4 nitrogen and oxygen atoms in total. The first-order valence-corrected chi connectivity index (χ1v) is 3.54. The van der Waals surface area contributed by atoms with Gasteiger partial charge in [-0.1, -0.05) is 0 Å². The lowest BCUT2D eigenvalue weighted by molar-refractivity contribution is -0.164. The molecule has 1 heterocycles. The number of hydrogen-bond donors (Lipinski definition) is 0. The van der Waals surface area contributed by atoms with Gasteiger partial charge >= 0.3 is 5.97 Å². The van der Waals surface area contributed by atoms with Gasteiger partial charge < -0.3 is 9.47 Å². The second-order valence-electron chi connectivity index (χ2n) is 2.79. The van der Waals surface area contributed by atoms with Crippen molar-refractivity contribution in [2.24, 2.45) is 0 Å². The van der Waals surface area contributed by atoms with Gasteiger partial charge in [-0.05, 0) is 6.92 Å². The molecular formula is C8H10O4. The van der Waals surface area contributed by atoms with Gasteiger partial charge in [-0.2, -0.15) is 0 Å². The number of hydrogen-bond acceptors (Lipinski definition) is 4. The molecule has 0 aromatic rings. The molecule has 0 bridgehead atoms. The van der Waals surface area contributed by atoms with E-state index in [-0.39, 0.29) is 12.2 Å². The lowest BCUT2D eigenvalue weighted by Gasteiger charge is -2.27. The first kappa shape index (κ1) is 8.77. The molecule has 4 heteroatoms. The maximum atomic E-state index is 11.1. The highest BCUT2D eigenvalue weighted by Gasteiger charge is 2.39. The van der Waals surface area contributed by atoms with Gasteiger partial charge in [0.2, 0.25) is 5.60 Å². The molecule has 0 unspecified atom stereocenters. The summed E-state index contributed by atoms with van der Waals surface area (Å²) < 4.78 is 9.50. The molecule has 0 aromatic heterocycles. The maximum Gasteiger partial charge on any atom is 0.350 e. The predicted octanol–water partition coefficient (Wildman–Crippen LogP) is 0.421. The first-order valence-electron chi connectivity index (χ1n) is 3.54. The van der Waals surface area contributed by atoms with E-state index in [9.17, 15) is 9.59 Å². The molecule has 1 rings (SSSR count). The van der Waals surface area contributed by atoms with Crippen LogP contribution >= 0.6 is 0 Å². The lowest BCUT2D eigenvalue weighted by atomic mass is 9.98. The van der Waals surface area contributed by atoms with Crippen LogP contribution < -0.4 is 0 Å². The Balaban J connectivity index is 2.79. The molecule has 0 aliphatic carbocycles. The zero-order valence-corrected chi connectivity index (χ0v) is 6.99. The summed E-state index contributed by atoms with van der Waals surface area (Å²) >= 11 is 0. The molecule has 0 saturated heterocycles. The zero-order valence-electron chi connectivity index (χ0n) is 6.99. The Bertz CT molecular complexity index is 243. The highest BCUT2D eigenvalue weighted by molar-refractivity contribution is 5.96. The van der Waals surface area contributed by atoms with Crippen LogP contribution in [0, 0.1) is 0 Å². The molecule has 0 N–H and O–H groups in total. The smallest absolute Gasteiger partial charge is 0.350 e. The molecule has 1 atom stereocenters. The van der Waals surface area contributed by atoms with Gasteiger partial charge in [0.05, 0.1) is 19.8 Å². The molecule has 0 amide bonds. The SMILES string of the molecule is COC(=O)[C@@]1(C)CC(=O)C=CO1. The van der Waals surface area contributed by atoms with Gasteiger partial charge in [0, 0.05) is 6.08 Å². The van der Waals surface area contributed by atoms with E-state index in [1.54, 1.807) is 0 Å². The van der Waals surface area contributed by atoms with E-state index >= 15 is 0 Å². The number of carbonyl (C=O) groups is 2. The summed E-state index contributed by atoms with van der Waals surface area (Å²) in [6, 6.07) is 0. The fourth-order valence-corrected chi connectivity index (χ4v) is 1.03. The summed E-state index contributed by atoms with van der Waals surface area (Å²) in [6.07, 6.45) is 2.56. The standard InChI is InChI=1S/C8H10O4/c1-8(7(10)11-2)5-6(9)3-4-12-8/h3-4H,5H2,1-2H3/t8-/m1/s1. The maximum absolute atomic E-state index is 11.1. The molecule has 0 spiro atoms. The molecule has 12 heavy (non-hydrogen) atoms. The van der Waals surface area contributed by atoms with Crippen LogP contribution in [-0.4, -0.2) is 24.5 Å². The van der Waals surface area contributed by atoms with Crippen LogP contribution in [0.4, 0.5) is 0 Å². The van der Waals surface area contributed by atoms with Crippen LogP contribution in [0.25, 0.3) is 0 Å². The number of esters is 1. The van der Waals surface area contributed by atoms with E-state index in [0.717, 1.165) is 0 Å². The minimum Gasteiger partial charge on any atom is -0.483 e. The Hall–Kier alpha value is -1.32. The fourth-order valence-electron chi connectivity index (χ4n) is 1.03. The number of methoxy groups -OCH3 is 1. The summed E-state index contributed by atoms with van der Waals surface area (Å²) in [5.41, 5.74) is -1.14. The third-order valence-electron chi connectivity index (χ3n) is 1.71. The Morgan fingerprint density at radius 3 is 2.92 bits per heavy atom. The topological polar surface area (TPSA) is 52.6 Å². The first-order chi connectivity index (χ1) is 5.58. The Labute approximate surface area is 70.1 Å². The van der Waals surface area contributed by atoms with Crippen LogP contribution in [0.15, 0.2) is 12.3 Å². The molecular weight excluding hydrogens is 160 g/mol. The predicted molar refractivity (Wildman–Crippen MR) is 40.3 cm³/mol. The molecule has 0 fully saturated rings. The molecule has 0 radical (unpaired) electrons. The van der Waals surface area contributed by atoms with Crippen molar-refractivity contribution in [2.75, 3.05) is 7.11 Å². The van der Waals surface area contributed by atoms with Gasteiger partial charge in [0.25, 0.3) is 0 Å². The van der Waals surface area contributed by atoms with Crippen molar-refractivity contribution < 1.29 is 19.1 Å². The molecule has 0 saturated carbocycles. The average Bonchev–Trinajstić information content (AvgIpc) is 2.02. The highest BCUT2D eigenvalue weighted by Crippen LogP contribution is 2.21. The van der Waals surface area contributed by atoms with E-state index in [1.807, 2.05) is 0 Å². The van der Waals surface area contributed by atoms with Crippen molar-refractivity contribution in [3.63, 3.8) is 0 Å². The van der Waals surface area contributed by atoms with Crippen molar-refractivity contribution in [3.8, 4) is 0 Å². The highest BCUT2D eigenvalue weighted by atomic mass is 16.6. The molecule has 0 aromatic carbocycles. The minimum absolute atomic E-state index is 0.0379. The Morgan fingerprint density at radius 1 is 1.75 bits per heavy atom. The molecule has 1 aliphatic rings. The van der Waals surface area contributed by atoms with E-state index in [1.165, 1.54) is 26.4 Å². The Morgan fingerprint density at radius 2 is 2.42 bits per heavy atom. The van der Waals surface area contributed by atoms with Gasteiger partial charge in [0.1, 0.15) is 0 Å². The second-order valence-corrected chi connectivity index (χ2v) is 2.79. The van der Waals surface area contributed by atoms with E-state index in [0.29, 0.717) is 0 Å². The largest absolute Gasteiger partial charge is 0.483 e. The van der Waals surface area contributed by atoms with Gasteiger partial charge in [-0.25, -0.2) is 4.79 Å². The Kier molecular flexibility index (Phi) is 2.17. The summed E-state index contributed by atoms with van der Waals surface area (Å²) in [5.74, 6) is -0.658. The van der Waals surface area contributed by atoms with Gasteiger partial charge in [-0.3, -0.25) is 4.79 Å². The number of ketones is 1. The van der Waals surface area contributed by atoms with Crippen LogP contribution in [-0.2, 0) is 19.1 Å². The third kappa shape index (κ3) is 1.47. The summed E-state index contributed by atoms with van der Waals surface area (Å²) in [5, 5.41) is 0. The van der Waals surface area contributed by atoms with Crippen molar-refractivity contribution in [1.29, 1.82) is 0 Å². The van der Waals surface area contributed by atoms with Crippen molar-refractivity contribution in [2.45, 2.75) is 18.9 Å². The fraction of sp³-hybridized carbons (Fsp3) is 0.500. The number of allylic oxidation sites excluding steroid dienone is 1. The quantitative estimate of drug-likeness (QED) is 0.535. The second kappa shape index (κ2) is 2.97. The normalized spacial score (nSPS) is 28.0. The third-order valence-corrected chi connectivity index (χ3v) is 1.71. The summed E-state index contributed by atoms with van der Waals surface area (Å²) in [4.78, 5) is 22.0. The lowest BCUT2D eigenvalue weighted by Crippen LogP contribution is -2.41. The van der Waals surface area contributed by atoms with Crippen molar-refractivity contribution >= 4 is 11.8 Å². The summed E-state index contributed by atoms with van der Waals surface area (Å²) in [7, 11) is 1.26. The monoisotopic (exact) mass is 170 g/mol. The van der Waals surface area contributed by atoms with Crippen LogP contribution in [0.5, 0.6) is 0 Å². The summed E-state index contributed by atoms with van der Waals surface area (Å²) in [6.45, 7) is 1.53. The van der Waals surface area contributed by atoms with Crippen LogP contribution in [0.3, 0.4) is 0 Å². The molecule has 66 valence electrons. The zero-order chi connectivity index (χ0) is 9.19. The molecule has 1 aliphatic heterocycles. The van der Waals surface area contributed by atoms with E-state index in [2.05, 4.69) is 4.74 Å². The van der Waals surface area contributed by atoms with Crippen LogP contribution in [0.1, 0.15) is 13.3 Å². The van der Waals surface area contributed by atoms with Gasteiger partial charge in [-0.15, -0.1) is 0 Å². The van der Waals surface area contributed by atoms with Crippen LogP contribution in [0.2, 0.25) is 0 Å².